The van der Waals surface area contributed by atoms with Crippen LogP contribution in [0.2, 0.25) is 0 Å². The van der Waals surface area contributed by atoms with Gasteiger partial charge in [-0.25, -0.2) is 14.5 Å². The number of carbonyl (C=O) groups excluding carboxylic acids is 1. The maximum atomic E-state index is 11.3. The lowest BCUT2D eigenvalue weighted by Gasteiger charge is -2.07. The van der Waals surface area contributed by atoms with E-state index in [4.69, 9.17) is 0 Å². The predicted molar refractivity (Wildman–Crippen MR) is 97.9 cm³/mol. The highest BCUT2D eigenvalue weighted by molar-refractivity contribution is 6.19. The van der Waals surface area contributed by atoms with Crippen molar-refractivity contribution in [2.45, 2.75) is 6.54 Å². The summed E-state index contributed by atoms with van der Waals surface area (Å²) in [7, 11) is 0. The molecule has 1 aliphatic rings. The maximum Gasteiger partial charge on any atom is 0.182 e. The highest BCUT2D eigenvalue weighted by atomic mass is 16.3. The fourth-order valence-electron chi connectivity index (χ4n) is 2.66. The molecule has 0 amide bonds. The van der Waals surface area contributed by atoms with Gasteiger partial charge in [-0.2, -0.15) is 0 Å². The monoisotopic (exact) mass is 348 g/mol. The Labute approximate surface area is 148 Å². The maximum absolute atomic E-state index is 11.3. The van der Waals surface area contributed by atoms with Gasteiger partial charge in [-0.05, 0) is 24.3 Å². The molecule has 0 bridgehead atoms. The summed E-state index contributed by atoms with van der Waals surface area (Å²) in [5.41, 5.74) is 1.72. The quantitative estimate of drug-likeness (QED) is 0.690. The van der Waals surface area contributed by atoms with Gasteiger partial charge in [0.2, 0.25) is 0 Å². The SMILES string of the molecule is O=C1C=C/C(=N\c2c(NCCn3ccnc3)nn3ccccc23)C(O)=C1. The number of hydrogen-bond donors (Lipinski definition) is 2. The first-order chi connectivity index (χ1) is 12.7. The highest BCUT2D eigenvalue weighted by Crippen LogP contribution is 2.30. The molecule has 8 nitrogen and oxygen atoms in total. The lowest BCUT2D eigenvalue weighted by Crippen LogP contribution is -2.10. The van der Waals surface area contributed by atoms with E-state index in [1.54, 1.807) is 17.0 Å². The van der Waals surface area contributed by atoms with Gasteiger partial charge in [0.15, 0.2) is 11.6 Å². The molecule has 0 aromatic carbocycles. The van der Waals surface area contributed by atoms with E-state index >= 15 is 0 Å². The molecule has 26 heavy (non-hydrogen) atoms. The van der Waals surface area contributed by atoms with Crippen LogP contribution in [0.1, 0.15) is 0 Å². The summed E-state index contributed by atoms with van der Waals surface area (Å²) in [5, 5.41) is 17.8. The molecule has 4 rings (SSSR count). The number of nitrogens with one attached hydrogen (secondary N) is 1. The Hall–Kier alpha value is -3.68. The van der Waals surface area contributed by atoms with E-state index in [9.17, 15) is 9.90 Å². The van der Waals surface area contributed by atoms with Crippen molar-refractivity contribution in [1.82, 2.24) is 19.2 Å². The molecule has 2 N–H and O–H groups in total. The summed E-state index contributed by atoms with van der Waals surface area (Å²) in [6, 6.07) is 5.67. The highest BCUT2D eigenvalue weighted by Gasteiger charge is 2.15. The number of pyridine rings is 1. The Bertz CT molecular complexity index is 1040. The standard InChI is InChI=1S/C18H16N6O2/c25-13-4-5-14(16(26)11-13)21-17-15-3-1-2-8-24(15)22-18(17)20-7-10-23-9-6-19-12-23/h1-6,8-9,11-12,26H,7,10H2,(H,20,22)/b21-14+. The minimum absolute atomic E-state index is 0.155. The van der Waals surface area contributed by atoms with Crippen LogP contribution >= 0.6 is 0 Å². The number of imidazole rings is 1. The minimum Gasteiger partial charge on any atom is -0.506 e. The molecule has 1 aliphatic carbocycles. The van der Waals surface area contributed by atoms with E-state index in [1.165, 1.54) is 12.2 Å². The molecule has 0 saturated carbocycles. The molecule has 0 saturated heterocycles. The van der Waals surface area contributed by atoms with Crippen molar-refractivity contribution < 1.29 is 9.90 Å². The van der Waals surface area contributed by atoms with Crippen LogP contribution in [0.15, 0.2) is 72.1 Å². The largest absolute Gasteiger partial charge is 0.506 e. The number of carbonyl (C=O) groups is 1. The first-order valence-electron chi connectivity index (χ1n) is 8.09. The van der Waals surface area contributed by atoms with Crippen LogP contribution in [-0.2, 0) is 11.3 Å². The molecule has 0 fully saturated rings. The molecular formula is C18H16N6O2. The Morgan fingerprint density at radius 1 is 1.23 bits per heavy atom. The van der Waals surface area contributed by atoms with E-state index in [-0.39, 0.29) is 11.5 Å². The lowest BCUT2D eigenvalue weighted by atomic mass is 10.1. The van der Waals surface area contributed by atoms with E-state index in [2.05, 4.69) is 20.4 Å². The molecule has 130 valence electrons. The number of ketones is 1. The van der Waals surface area contributed by atoms with Gasteiger partial charge in [-0.15, -0.1) is 5.10 Å². The second kappa shape index (κ2) is 6.67. The van der Waals surface area contributed by atoms with E-state index in [0.717, 1.165) is 18.1 Å². The number of aliphatic imine (C=N–C) groups is 1. The Kier molecular flexibility index (Phi) is 4.06. The second-order valence-electron chi connectivity index (χ2n) is 5.72. The zero-order valence-corrected chi connectivity index (χ0v) is 13.8. The zero-order valence-electron chi connectivity index (χ0n) is 13.8. The van der Waals surface area contributed by atoms with Crippen LogP contribution < -0.4 is 5.32 Å². The topological polar surface area (TPSA) is 96.8 Å². The van der Waals surface area contributed by atoms with Crippen molar-refractivity contribution in [1.29, 1.82) is 0 Å². The lowest BCUT2D eigenvalue weighted by molar-refractivity contribution is -0.110. The van der Waals surface area contributed by atoms with Crippen molar-refractivity contribution in [3.05, 3.63) is 67.1 Å². The van der Waals surface area contributed by atoms with Crippen LogP contribution in [0.4, 0.5) is 11.5 Å². The summed E-state index contributed by atoms with van der Waals surface area (Å²) < 4.78 is 3.68. The summed E-state index contributed by atoms with van der Waals surface area (Å²) in [6.45, 7) is 1.36. The summed E-state index contributed by atoms with van der Waals surface area (Å²) in [4.78, 5) is 19.9. The molecule has 0 atom stereocenters. The zero-order chi connectivity index (χ0) is 17.9. The van der Waals surface area contributed by atoms with E-state index < -0.39 is 0 Å². The number of hydrogen-bond acceptors (Lipinski definition) is 6. The first-order valence-corrected chi connectivity index (χ1v) is 8.09. The molecule has 3 aromatic rings. The molecule has 0 aliphatic heterocycles. The predicted octanol–water partition coefficient (Wildman–Crippen LogP) is 2.30. The van der Waals surface area contributed by atoms with Gasteiger partial charge in [0.1, 0.15) is 17.2 Å². The van der Waals surface area contributed by atoms with Gasteiger partial charge in [0.25, 0.3) is 0 Å². The normalized spacial score (nSPS) is 15.6. The van der Waals surface area contributed by atoms with Crippen LogP contribution in [0.5, 0.6) is 0 Å². The molecule has 8 heteroatoms. The van der Waals surface area contributed by atoms with Gasteiger partial charge in [-0.3, -0.25) is 4.79 Å². The molecule has 0 radical (unpaired) electrons. The number of rotatable bonds is 5. The average Bonchev–Trinajstić information content (AvgIpc) is 3.26. The fraction of sp³-hybridized carbons (Fsp3) is 0.111. The smallest absolute Gasteiger partial charge is 0.182 e. The van der Waals surface area contributed by atoms with Crippen molar-refractivity contribution in [3.63, 3.8) is 0 Å². The van der Waals surface area contributed by atoms with Gasteiger partial charge in [-0.1, -0.05) is 6.07 Å². The van der Waals surface area contributed by atoms with Crippen LogP contribution in [0.25, 0.3) is 5.52 Å². The number of nitrogens with zero attached hydrogens (tertiary/aromatic N) is 5. The molecule has 3 heterocycles. The van der Waals surface area contributed by atoms with Crippen molar-refractivity contribution in [3.8, 4) is 0 Å². The Morgan fingerprint density at radius 2 is 2.15 bits per heavy atom. The van der Waals surface area contributed by atoms with Gasteiger partial charge < -0.3 is 15.0 Å². The number of aliphatic hydroxyl groups is 1. The number of aliphatic hydroxyl groups excluding tert-OH is 1. The third kappa shape index (κ3) is 3.12. The summed E-state index contributed by atoms with van der Waals surface area (Å²) >= 11 is 0. The summed E-state index contributed by atoms with van der Waals surface area (Å²) in [6.07, 6.45) is 11.2. The van der Waals surface area contributed by atoms with E-state index in [0.29, 0.717) is 23.8 Å². The van der Waals surface area contributed by atoms with Crippen LogP contribution in [-0.4, -0.2) is 42.3 Å². The Morgan fingerprint density at radius 3 is 2.96 bits per heavy atom. The van der Waals surface area contributed by atoms with Gasteiger partial charge in [0, 0.05) is 37.8 Å². The van der Waals surface area contributed by atoms with Crippen molar-refractivity contribution in [2.24, 2.45) is 4.99 Å². The number of anilines is 1. The molecule has 3 aromatic heterocycles. The third-order valence-electron chi connectivity index (χ3n) is 3.91. The van der Waals surface area contributed by atoms with Crippen LogP contribution in [0, 0.1) is 0 Å². The average molecular weight is 348 g/mol. The number of allylic oxidation sites excluding steroid dienone is 3. The minimum atomic E-state index is -0.264. The molecule has 0 spiro atoms. The summed E-state index contributed by atoms with van der Waals surface area (Å²) in [5.74, 6) is 0.180. The first kappa shape index (κ1) is 15.8. The second-order valence-corrected chi connectivity index (χ2v) is 5.72. The van der Waals surface area contributed by atoms with Crippen molar-refractivity contribution in [2.75, 3.05) is 11.9 Å². The van der Waals surface area contributed by atoms with Gasteiger partial charge >= 0.3 is 0 Å². The molecular weight excluding hydrogens is 332 g/mol. The fourth-order valence-corrected chi connectivity index (χ4v) is 2.66. The van der Waals surface area contributed by atoms with Crippen molar-refractivity contribution >= 4 is 28.5 Å². The Balaban J connectivity index is 1.67. The number of aromatic nitrogens is 4. The van der Waals surface area contributed by atoms with Gasteiger partial charge in [0.05, 0.1) is 11.8 Å². The molecule has 0 unspecified atom stereocenters. The van der Waals surface area contributed by atoms with E-state index in [1.807, 2.05) is 35.2 Å². The third-order valence-corrected chi connectivity index (χ3v) is 3.91. The van der Waals surface area contributed by atoms with Crippen LogP contribution in [0.3, 0.4) is 0 Å². The number of fused-ring (bicyclic) bond motifs is 1.